The number of aliphatic hydroxyl groups is 1. The van der Waals surface area contributed by atoms with E-state index in [4.69, 9.17) is 14.6 Å². The molecule has 0 bridgehead atoms. The van der Waals surface area contributed by atoms with E-state index in [0.29, 0.717) is 41.9 Å². The minimum absolute atomic E-state index is 0.0419. The molecule has 5 rings (SSSR count). The molecule has 238 valence electrons. The molecule has 0 radical (unpaired) electrons. The summed E-state index contributed by atoms with van der Waals surface area (Å²) in [5.74, 6) is 0.595. The van der Waals surface area contributed by atoms with Crippen LogP contribution in [0.4, 0.5) is 4.79 Å². The van der Waals surface area contributed by atoms with E-state index >= 15 is 0 Å². The highest BCUT2D eigenvalue weighted by Crippen LogP contribution is 2.29. The molecule has 2 atom stereocenters. The Labute approximate surface area is 264 Å². The Hall–Kier alpha value is -5.65. The van der Waals surface area contributed by atoms with Gasteiger partial charge in [-0.15, -0.1) is 0 Å². The highest BCUT2D eigenvalue weighted by molar-refractivity contribution is 5.87. The number of nitrogens with one attached hydrogen (secondary N) is 3. The topological polar surface area (TPSA) is 181 Å². The van der Waals surface area contributed by atoms with Crippen molar-refractivity contribution in [1.82, 2.24) is 15.6 Å². The average molecular weight is 626 g/mol. The van der Waals surface area contributed by atoms with Crippen LogP contribution in [0.2, 0.25) is 0 Å². The van der Waals surface area contributed by atoms with E-state index in [-0.39, 0.29) is 17.8 Å². The molecule has 0 spiro atoms. The first kappa shape index (κ1) is 33.2. The first-order valence-electron chi connectivity index (χ1n) is 14.5. The zero-order chi connectivity index (χ0) is 32.9. The van der Waals surface area contributed by atoms with E-state index in [1.807, 2.05) is 72.8 Å². The van der Waals surface area contributed by atoms with Crippen LogP contribution < -0.4 is 20.9 Å². The number of hydrogen-bond donors (Lipinski definition) is 7. The number of phenols is 1. The predicted molar refractivity (Wildman–Crippen MR) is 173 cm³/mol. The second-order valence-corrected chi connectivity index (χ2v) is 10.3. The van der Waals surface area contributed by atoms with Gasteiger partial charge >= 0.3 is 6.09 Å². The lowest BCUT2D eigenvalue weighted by molar-refractivity contribution is -0.122. The molecule has 1 amide bonds. The average Bonchev–Trinajstić information content (AvgIpc) is 3.06. The summed E-state index contributed by atoms with van der Waals surface area (Å²) in [7, 11) is 0. The number of aromatic nitrogens is 1. The molecule has 0 saturated heterocycles. The quantitative estimate of drug-likeness (QED) is 0.0761. The number of H-pyrrole nitrogens is 1. The largest absolute Gasteiger partial charge is 0.506 e. The minimum Gasteiger partial charge on any atom is -0.506 e. The lowest BCUT2D eigenvalue weighted by atomic mass is 9.98. The van der Waals surface area contributed by atoms with Gasteiger partial charge in [-0.25, -0.2) is 4.79 Å². The van der Waals surface area contributed by atoms with Gasteiger partial charge in [0.2, 0.25) is 5.56 Å². The van der Waals surface area contributed by atoms with Crippen molar-refractivity contribution in [2.75, 3.05) is 13.1 Å². The molecule has 0 aliphatic rings. The number of aromatic amines is 1. The number of benzene rings is 4. The SMILES string of the molecule is O=C(O)NC(c1ccccc1)c1cccc(OCc2cccc(CCNCC(O)c3ccc(O)c4[nH]c(=O)ccc34)c2)c1.O=CO. The minimum atomic E-state index is -1.10. The van der Waals surface area contributed by atoms with Crippen molar-refractivity contribution >= 4 is 23.5 Å². The summed E-state index contributed by atoms with van der Waals surface area (Å²) >= 11 is 0. The Morgan fingerprint density at radius 1 is 0.891 bits per heavy atom. The van der Waals surface area contributed by atoms with Crippen molar-refractivity contribution in [2.24, 2.45) is 0 Å². The van der Waals surface area contributed by atoms with Gasteiger partial charge in [0.05, 0.1) is 17.7 Å². The fraction of sp³-hybridized carbons (Fsp3) is 0.171. The maximum absolute atomic E-state index is 11.6. The summed E-state index contributed by atoms with van der Waals surface area (Å²) in [6.07, 6.45) is -1.19. The summed E-state index contributed by atoms with van der Waals surface area (Å²) in [6, 6.07) is 30.5. The lowest BCUT2D eigenvalue weighted by Gasteiger charge is -2.19. The van der Waals surface area contributed by atoms with Crippen LogP contribution in [0, 0.1) is 0 Å². The van der Waals surface area contributed by atoms with Crippen molar-refractivity contribution in [3.8, 4) is 11.5 Å². The van der Waals surface area contributed by atoms with Crippen LogP contribution in [-0.2, 0) is 17.8 Å². The fourth-order valence-corrected chi connectivity index (χ4v) is 5.08. The standard InChI is InChI=1S/C34H33N3O6.CH2O2/c38-29-14-12-27(28-13-15-31(40)36-33(28)29)30(39)20-35-17-16-22-6-4-7-23(18-22)21-43-26-11-5-10-25(19-26)32(37-34(41)42)24-8-2-1-3-9-24;2-1-3/h1-15,18-19,30,32,35,37-39H,16-17,20-21H2,(H,36,40)(H,41,42);1H,(H,2,3). The highest BCUT2D eigenvalue weighted by atomic mass is 16.5. The number of hydrogen-bond acceptors (Lipinski definition) is 7. The number of aromatic hydroxyl groups is 1. The predicted octanol–water partition coefficient (Wildman–Crippen LogP) is 4.74. The van der Waals surface area contributed by atoms with E-state index < -0.39 is 18.2 Å². The van der Waals surface area contributed by atoms with Crippen molar-refractivity contribution < 1.29 is 34.8 Å². The number of pyridine rings is 1. The van der Waals surface area contributed by atoms with Gasteiger partial charge in [-0.2, -0.15) is 0 Å². The third kappa shape index (κ3) is 9.18. The molecule has 2 unspecified atom stereocenters. The van der Waals surface area contributed by atoms with Gasteiger partial charge in [-0.1, -0.05) is 72.8 Å². The van der Waals surface area contributed by atoms with Crippen LogP contribution in [0.3, 0.4) is 0 Å². The number of aliphatic hydroxyl groups excluding tert-OH is 1. The lowest BCUT2D eigenvalue weighted by Crippen LogP contribution is -2.27. The number of carboxylic acid groups (broad SMARTS) is 2. The molecular formula is C35H35N3O8. The Bertz CT molecular complexity index is 1810. The monoisotopic (exact) mass is 625 g/mol. The number of ether oxygens (including phenoxy) is 1. The third-order valence-electron chi connectivity index (χ3n) is 7.18. The molecule has 11 heteroatoms. The van der Waals surface area contributed by atoms with E-state index in [0.717, 1.165) is 28.7 Å². The maximum atomic E-state index is 11.6. The summed E-state index contributed by atoms with van der Waals surface area (Å²) < 4.78 is 6.07. The normalized spacial score (nSPS) is 11.9. The molecule has 1 aromatic heterocycles. The van der Waals surface area contributed by atoms with Crippen LogP contribution in [0.15, 0.2) is 108 Å². The molecule has 0 saturated carbocycles. The third-order valence-corrected chi connectivity index (χ3v) is 7.18. The van der Waals surface area contributed by atoms with Gasteiger partial charge < -0.3 is 40.8 Å². The van der Waals surface area contributed by atoms with Crippen LogP contribution in [0.1, 0.15) is 40.0 Å². The molecule has 0 fully saturated rings. The summed E-state index contributed by atoms with van der Waals surface area (Å²) in [5.41, 5.74) is 4.33. The molecule has 11 nitrogen and oxygen atoms in total. The van der Waals surface area contributed by atoms with Crippen LogP contribution in [0.25, 0.3) is 10.9 Å². The van der Waals surface area contributed by atoms with Gasteiger partial charge in [0.25, 0.3) is 6.47 Å². The van der Waals surface area contributed by atoms with E-state index in [9.17, 15) is 24.9 Å². The van der Waals surface area contributed by atoms with E-state index in [1.165, 1.54) is 12.1 Å². The van der Waals surface area contributed by atoms with Crippen LogP contribution in [0.5, 0.6) is 11.5 Å². The van der Waals surface area contributed by atoms with Crippen molar-refractivity contribution in [2.45, 2.75) is 25.2 Å². The summed E-state index contributed by atoms with van der Waals surface area (Å²) in [6.45, 7) is 1.04. The summed E-state index contributed by atoms with van der Waals surface area (Å²) in [5, 5.41) is 43.6. The smallest absolute Gasteiger partial charge is 0.405 e. The highest BCUT2D eigenvalue weighted by Gasteiger charge is 2.17. The van der Waals surface area contributed by atoms with Gasteiger partial charge in [-0.05, 0) is 65.0 Å². The van der Waals surface area contributed by atoms with Gasteiger partial charge in [0, 0.05) is 18.0 Å². The number of phenolic OH excluding ortho intramolecular Hbond substituents is 1. The van der Waals surface area contributed by atoms with Gasteiger partial charge in [-0.3, -0.25) is 9.59 Å². The number of amides is 1. The molecule has 4 aromatic carbocycles. The van der Waals surface area contributed by atoms with Gasteiger partial charge in [0.1, 0.15) is 18.1 Å². The molecule has 0 aliphatic carbocycles. The Morgan fingerprint density at radius 2 is 1.61 bits per heavy atom. The van der Waals surface area contributed by atoms with Crippen molar-refractivity contribution in [3.05, 3.63) is 141 Å². The molecule has 0 aliphatic heterocycles. The first-order valence-corrected chi connectivity index (χ1v) is 14.5. The molecule has 5 aromatic rings. The molecule has 7 N–H and O–H groups in total. The zero-order valence-corrected chi connectivity index (χ0v) is 24.8. The van der Waals surface area contributed by atoms with Crippen molar-refractivity contribution in [1.29, 1.82) is 0 Å². The number of rotatable bonds is 12. The molecule has 46 heavy (non-hydrogen) atoms. The van der Waals surface area contributed by atoms with E-state index in [2.05, 4.69) is 21.7 Å². The second kappa shape index (κ2) is 16.4. The van der Waals surface area contributed by atoms with E-state index in [1.54, 1.807) is 12.1 Å². The maximum Gasteiger partial charge on any atom is 0.405 e. The van der Waals surface area contributed by atoms with Crippen LogP contribution in [-0.4, -0.2) is 51.1 Å². The fourth-order valence-electron chi connectivity index (χ4n) is 5.08. The number of carbonyl (C=O) groups is 2. The first-order chi connectivity index (χ1) is 22.3. The Balaban J connectivity index is 0.00000154. The number of fused-ring (bicyclic) bond motifs is 1. The Morgan fingerprint density at radius 3 is 2.37 bits per heavy atom. The Kier molecular flexibility index (Phi) is 11.9. The van der Waals surface area contributed by atoms with Gasteiger partial charge in [0.15, 0.2) is 0 Å². The second-order valence-electron chi connectivity index (χ2n) is 10.3. The molecule has 1 heterocycles. The van der Waals surface area contributed by atoms with Crippen LogP contribution >= 0.6 is 0 Å². The zero-order valence-electron chi connectivity index (χ0n) is 24.8. The molecular weight excluding hydrogens is 590 g/mol. The van der Waals surface area contributed by atoms with Crippen molar-refractivity contribution in [3.63, 3.8) is 0 Å². The summed E-state index contributed by atoms with van der Waals surface area (Å²) in [4.78, 5) is 34.1.